The molecule has 1 amide bonds. The Bertz CT molecular complexity index is 916. The number of anilines is 2. The van der Waals surface area contributed by atoms with Crippen LogP contribution in [0.4, 0.5) is 11.6 Å². The van der Waals surface area contributed by atoms with E-state index in [1.807, 2.05) is 49.4 Å². The highest BCUT2D eigenvalue weighted by molar-refractivity contribution is 6.31. The summed E-state index contributed by atoms with van der Waals surface area (Å²) in [6.45, 7) is 2.81. The van der Waals surface area contributed by atoms with E-state index < -0.39 is 0 Å². The van der Waals surface area contributed by atoms with E-state index in [4.69, 9.17) is 16.3 Å². The monoisotopic (exact) mass is 382 g/mol. The number of benzene rings is 2. The van der Waals surface area contributed by atoms with E-state index in [0.29, 0.717) is 35.4 Å². The van der Waals surface area contributed by atoms with Gasteiger partial charge in [-0.1, -0.05) is 41.9 Å². The fourth-order valence-electron chi connectivity index (χ4n) is 2.40. The van der Waals surface area contributed by atoms with Crippen molar-refractivity contribution in [3.05, 3.63) is 77.1 Å². The van der Waals surface area contributed by atoms with Crippen LogP contribution in [0.1, 0.15) is 22.8 Å². The molecule has 27 heavy (non-hydrogen) atoms. The molecule has 2 N–H and O–H groups in total. The summed E-state index contributed by atoms with van der Waals surface area (Å²) in [5, 5.41) is 6.51. The maximum absolute atomic E-state index is 12.3. The lowest BCUT2D eigenvalue weighted by Crippen LogP contribution is -2.23. The van der Waals surface area contributed by atoms with Gasteiger partial charge in [0.05, 0.1) is 17.9 Å². The molecular weight excluding hydrogens is 364 g/mol. The van der Waals surface area contributed by atoms with Gasteiger partial charge in [-0.3, -0.25) is 4.79 Å². The molecule has 0 aliphatic rings. The minimum atomic E-state index is -0.267. The number of carbonyl (C=O) groups is 1. The molecule has 1 heterocycles. The summed E-state index contributed by atoms with van der Waals surface area (Å²) in [5.74, 6) is 0.825. The molecule has 3 rings (SSSR count). The van der Waals surface area contributed by atoms with Crippen molar-refractivity contribution < 1.29 is 9.53 Å². The fraction of sp³-hybridized carbons (Fsp3) is 0.150. The molecule has 0 saturated heterocycles. The highest BCUT2D eigenvalue weighted by atomic mass is 35.5. The zero-order valence-electron chi connectivity index (χ0n) is 14.8. The van der Waals surface area contributed by atoms with Crippen molar-refractivity contribution in [1.29, 1.82) is 0 Å². The highest BCUT2D eigenvalue weighted by Gasteiger charge is 2.09. The summed E-state index contributed by atoms with van der Waals surface area (Å²) < 4.78 is 5.56. The zero-order chi connectivity index (χ0) is 19.1. The van der Waals surface area contributed by atoms with Gasteiger partial charge in [0.2, 0.25) is 5.95 Å². The van der Waals surface area contributed by atoms with Crippen molar-refractivity contribution in [1.82, 2.24) is 15.3 Å². The molecule has 3 aromatic rings. The Morgan fingerprint density at radius 2 is 1.78 bits per heavy atom. The number of nitrogens with one attached hydrogen (secondary N) is 2. The zero-order valence-corrected chi connectivity index (χ0v) is 15.5. The second kappa shape index (κ2) is 9.00. The lowest BCUT2D eigenvalue weighted by Gasteiger charge is -2.11. The third kappa shape index (κ3) is 4.95. The molecule has 0 aliphatic carbocycles. The van der Waals surface area contributed by atoms with E-state index in [0.717, 1.165) is 11.3 Å². The van der Waals surface area contributed by atoms with Crippen LogP contribution in [0.2, 0.25) is 5.02 Å². The molecule has 0 atom stereocenters. The number of amides is 1. The smallest absolute Gasteiger partial charge is 0.254 e. The van der Waals surface area contributed by atoms with E-state index in [9.17, 15) is 4.79 Å². The Balaban J connectivity index is 1.63. The van der Waals surface area contributed by atoms with Crippen molar-refractivity contribution in [2.75, 3.05) is 11.9 Å². The molecule has 0 spiro atoms. The molecular formula is C20H19ClN4O2. The summed E-state index contributed by atoms with van der Waals surface area (Å²) >= 11 is 6.09. The molecule has 2 aromatic carbocycles. The number of ether oxygens (including phenoxy) is 1. The molecule has 7 heteroatoms. The van der Waals surface area contributed by atoms with Crippen LogP contribution >= 0.6 is 11.6 Å². The number of aromatic nitrogens is 2. The van der Waals surface area contributed by atoms with Gasteiger partial charge in [0.1, 0.15) is 5.75 Å². The van der Waals surface area contributed by atoms with Gasteiger partial charge in [-0.2, -0.15) is 0 Å². The lowest BCUT2D eigenvalue weighted by atomic mass is 10.2. The SMILES string of the molecule is CCOc1ccccc1Nc1ncc(C(=O)NCc2ccccc2Cl)cn1. The Kier molecular flexibility index (Phi) is 6.22. The molecule has 1 aromatic heterocycles. The van der Waals surface area contributed by atoms with Crippen molar-refractivity contribution in [3.8, 4) is 5.75 Å². The van der Waals surface area contributed by atoms with E-state index in [2.05, 4.69) is 20.6 Å². The second-order valence-corrected chi connectivity index (χ2v) is 6.03. The van der Waals surface area contributed by atoms with Crippen molar-refractivity contribution in [3.63, 3.8) is 0 Å². The third-order valence-corrected chi connectivity index (χ3v) is 4.11. The van der Waals surface area contributed by atoms with Crippen molar-refractivity contribution >= 4 is 29.1 Å². The Morgan fingerprint density at radius 1 is 1.07 bits per heavy atom. The van der Waals surface area contributed by atoms with Gasteiger partial charge in [-0.25, -0.2) is 9.97 Å². The van der Waals surface area contributed by atoms with Gasteiger partial charge in [0.15, 0.2) is 0 Å². The fourth-order valence-corrected chi connectivity index (χ4v) is 2.60. The minimum Gasteiger partial charge on any atom is -0.492 e. The molecule has 0 aliphatic heterocycles. The molecule has 0 radical (unpaired) electrons. The molecule has 0 bridgehead atoms. The average molecular weight is 383 g/mol. The van der Waals surface area contributed by atoms with Crippen LogP contribution in [0.3, 0.4) is 0 Å². The van der Waals surface area contributed by atoms with Crippen LogP contribution in [0, 0.1) is 0 Å². The van der Waals surface area contributed by atoms with Gasteiger partial charge in [0.25, 0.3) is 5.91 Å². The summed E-state index contributed by atoms with van der Waals surface area (Å²) in [5.41, 5.74) is 1.97. The van der Waals surface area contributed by atoms with Crippen LogP contribution in [0.25, 0.3) is 0 Å². The quantitative estimate of drug-likeness (QED) is 0.640. The number of para-hydroxylation sites is 2. The number of carbonyl (C=O) groups excluding carboxylic acids is 1. The molecule has 138 valence electrons. The van der Waals surface area contributed by atoms with Crippen LogP contribution < -0.4 is 15.4 Å². The maximum atomic E-state index is 12.3. The largest absolute Gasteiger partial charge is 0.492 e. The van der Waals surface area contributed by atoms with Gasteiger partial charge in [0, 0.05) is 24.0 Å². The average Bonchev–Trinajstić information content (AvgIpc) is 2.69. The maximum Gasteiger partial charge on any atom is 0.254 e. The van der Waals surface area contributed by atoms with Gasteiger partial charge >= 0.3 is 0 Å². The molecule has 0 fully saturated rings. The van der Waals surface area contributed by atoms with Crippen LogP contribution in [-0.2, 0) is 6.54 Å². The first-order valence-electron chi connectivity index (χ1n) is 8.50. The molecule has 0 saturated carbocycles. The van der Waals surface area contributed by atoms with Gasteiger partial charge < -0.3 is 15.4 Å². The summed E-state index contributed by atoms with van der Waals surface area (Å²) in [6.07, 6.45) is 2.95. The number of rotatable bonds is 7. The minimum absolute atomic E-state index is 0.267. The molecule has 0 unspecified atom stereocenters. The number of nitrogens with zero attached hydrogens (tertiary/aromatic N) is 2. The van der Waals surface area contributed by atoms with E-state index >= 15 is 0 Å². The summed E-state index contributed by atoms with van der Waals surface area (Å²) in [7, 11) is 0. The van der Waals surface area contributed by atoms with Crippen molar-refractivity contribution in [2.24, 2.45) is 0 Å². The predicted molar refractivity (Wildman–Crippen MR) is 106 cm³/mol. The Hall–Kier alpha value is -3.12. The number of hydrogen-bond donors (Lipinski definition) is 2. The molecule has 6 nitrogen and oxygen atoms in total. The first-order chi connectivity index (χ1) is 13.2. The van der Waals surface area contributed by atoms with Crippen LogP contribution in [-0.4, -0.2) is 22.5 Å². The van der Waals surface area contributed by atoms with Crippen molar-refractivity contribution in [2.45, 2.75) is 13.5 Å². The van der Waals surface area contributed by atoms with E-state index in [1.54, 1.807) is 6.07 Å². The topological polar surface area (TPSA) is 76.1 Å². The first-order valence-corrected chi connectivity index (χ1v) is 8.87. The summed E-state index contributed by atoms with van der Waals surface area (Å²) in [4.78, 5) is 20.7. The van der Waals surface area contributed by atoms with Gasteiger partial charge in [-0.15, -0.1) is 0 Å². The summed E-state index contributed by atoms with van der Waals surface area (Å²) in [6, 6.07) is 14.9. The van der Waals surface area contributed by atoms with E-state index in [1.165, 1.54) is 12.4 Å². The Labute approximate surface area is 162 Å². The third-order valence-electron chi connectivity index (χ3n) is 3.74. The standard InChI is InChI=1S/C20H19ClN4O2/c1-2-27-18-10-6-5-9-17(18)25-20-23-12-15(13-24-20)19(26)22-11-14-7-3-4-8-16(14)21/h3-10,12-13H,2,11H2,1H3,(H,22,26)(H,23,24,25). The first kappa shape index (κ1) is 18.7. The number of halogens is 1. The van der Waals surface area contributed by atoms with Crippen LogP contribution in [0.15, 0.2) is 60.9 Å². The predicted octanol–water partition coefficient (Wildman–Crippen LogP) is 4.20. The van der Waals surface area contributed by atoms with E-state index in [-0.39, 0.29) is 5.91 Å². The lowest BCUT2D eigenvalue weighted by molar-refractivity contribution is 0.0950. The number of hydrogen-bond acceptors (Lipinski definition) is 5. The second-order valence-electron chi connectivity index (χ2n) is 5.62. The van der Waals surface area contributed by atoms with Crippen LogP contribution in [0.5, 0.6) is 5.75 Å². The van der Waals surface area contributed by atoms with Gasteiger partial charge in [-0.05, 0) is 30.7 Å². The normalized spacial score (nSPS) is 10.3. The highest BCUT2D eigenvalue weighted by Crippen LogP contribution is 2.25. The Morgan fingerprint density at radius 3 is 2.52 bits per heavy atom.